The largest absolute Gasteiger partial charge is 0.427 e. The molecular weight excluding hydrogens is 436 g/mol. The Morgan fingerprint density at radius 1 is 1.03 bits per heavy atom. The zero-order valence-electron chi connectivity index (χ0n) is 21.4. The molecule has 3 unspecified atom stereocenters. The van der Waals surface area contributed by atoms with Crippen LogP contribution in [0.2, 0.25) is 0 Å². The average Bonchev–Trinajstić information content (AvgIpc) is 2.89. The third kappa shape index (κ3) is 6.14. The summed E-state index contributed by atoms with van der Waals surface area (Å²) in [6.07, 6.45) is 7.53. The van der Waals surface area contributed by atoms with E-state index in [9.17, 15) is 9.90 Å². The lowest BCUT2D eigenvalue weighted by atomic mass is 9.72. The summed E-state index contributed by atoms with van der Waals surface area (Å²) in [6.45, 7) is 6.88. The number of aliphatic hydroxyl groups is 1. The Morgan fingerprint density at radius 3 is 2.37 bits per heavy atom. The molecule has 2 aliphatic rings. The summed E-state index contributed by atoms with van der Waals surface area (Å²) in [4.78, 5) is 15.0. The molecule has 2 fully saturated rings. The topological polar surface area (TPSA) is 75.8 Å². The Labute approximate surface area is 210 Å². The van der Waals surface area contributed by atoms with Crippen molar-refractivity contribution < 1.29 is 14.6 Å². The van der Waals surface area contributed by atoms with Crippen LogP contribution in [0.4, 0.5) is 0 Å². The van der Waals surface area contributed by atoms with Gasteiger partial charge in [0.1, 0.15) is 5.75 Å². The minimum atomic E-state index is -0.611. The molecule has 0 bridgehead atoms. The van der Waals surface area contributed by atoms with Crippen LogP contribution in [0.5, 0.6) is 5.75 Å². The Balaban J connectivity index is 1.36. The summed E-state index contributed by atoms with van der Waals surface area (Å²) in [7, 11) is 0. The number of piperidine rings is 1. The lowest BCUT2D eigenvalue weighted by Crippen LogP contribution is -2.49. The number of nitrogens with zero attached hydrogens (tertiary/aromatic N) is 1. The molecule has 0 amide bonds. The van der Waals surface area contributed by atoms with Crippen molar-refractivity contribution in [2.75, 3.05) is 19.6 Å². The van der Waals surface area contributed by atoms with E-state index in [0.717, 1.165) is 57.2 Å². The van der Waals surface area contributed by atoms with E-state index in [2.05, 4.69) is 49.1 Å². The lowest BCUT2D eigenvalue weighted by Gasteiger charge is -2.44. The maximum atomic E-state index is 12.6. The van der Waals surface area contributed by atoms with Gasteiger partial charge in [0.05, 0.1) is 12.5 Å². The SMILES string of the molecule is CC(C(O)c1ccc(OC(=O)CC2(CN)CCCCC2)cc1)N1CCCC(C)(c2ccccc2)C1. The summed E-state index contributed by atoms with van der Waals surface area (Å²) in [5.41, 5.74) is 8.22. The van der Waals surface area contributed by atoms with Crippen molar-refractivity contribution in [1.82, 2.24) is 4.90 Å². The molecule has 3 N–H and O–H groups in total. The van der Waals surface area contributed by atoms with E-state index in [4.69, 9.17) is 10.5 Å². The lowest BCUT2D eigenvalue weighted by molar-refractivity contribution is -0.137. The van der Waals surface area contributed by atoms with Crippen LogP contribution in [-0.4, -0.2) is 41.7 Å². The molecule has 1 heterocycles. The van der Waals surface area contributed by atoms with Gasteiger partial charge in [-0.2, -0.15) is 0 Å². The maximum Gasteiger partial charge on any atom is 0.311 e. The summed E-state index contributed by atoms with van der Waals surface area (Å²) in [5.74, 6) is 0.309. The number of rotatable bonds is 8. The second-order valence-corrected chi connectivity index (χ2v) is 11.2. The number of esters is 1. The molecule has 1 saturated carbocycles. The molecule has 1 aliphatic carbocycles. The van der Waals surface area contributed by atoms with Crippen LogP contribution in [0, 0.1) is 5.41 Å². The van der Waals surface area contributed by atoms with Gasteiger partial charge in [0.2, 0.25) is 0 Å². The molecule has 1 saturated heterocycles. The summed E-state index contributed by atoms with van der Waals surface area (Å²) < 4.78 is 5.65. The number of hydrogen-bond donors (Lipinski definition) is 2. The standard InChI is InChI=1S/C30H42N2O3/c1-23(32-19-9-16-29(2,22-32)25-10-5-3-6-11-25)28(34)24-12-14-26(15-13-24)35-27(33)20-30(21-31)17-7-4-8-18-30/h3,5-6,10-15,23,28,34H,4,7-9,16-22,31H2,1-2H3. The zero-order chi connectivity index (χ0) is 24.9. The normalized spacial score (nSPS) is 24.5. The van der Waals surface area contributed by atoms with Crippen LogP contribution < -0.4 is 10.5 Å². The average molecular weight is 479 g/mol. The monoisotopic (exact) mass is 478 g/mol. The fraction of sp³-hybridized carbons (Fsp3) is 0.567. The number of benzene rings is 2. The first kappa shape index (κ1) is 25.9. The predicted molar refractivity (Wildman–Crippen MR) is 140 cm³/mol. The Morgan fingerprint density at radius 2 is 1.71 bits per heavy atom. The fourth-order valence-corrected chi connectivity index (χ4v) is 6.14. The predicted octanol–water partition coefficient (Wildman–Crippen LogP) is 5.37. The summed E-state index contributed by atoms with van der Waals surface area (Å²) in [6, 6.07) is 18.0. The molecule has 4 rings (SSSR count). The van der Waals surface area contributed by atoms with Crippen LogP contribution >= 0.6 is 0 Å². The quantitative estimate of drug-likeness (QED) is 0.394. The number of hydrogen-bond acceptors (Lipinski definition) is 5. The zero-order valence-corrected chi connectivity index (χ0v) is 21.4. The minimum absolute atomic E-state index is 0.0116. The van der Waals surface area contributed by atoms with E-state index in [-0.39, 0.29) is 22.8 Å². The smallest absolute Gasteiger partial charge is 0.311 e. The van der Waals surface area contributed by atoms with Gasteiger partial charge < -0.3 is 15.6 Å². The van der Waals surface area contributed by atoms with Crippen molar-refractivity contribution in [2.45, 2.75) is 82.8 Å². The first-order valence-electron chi connectivity index (χ1n) is 13.3. The first-order valence-corrected chi connectivity index (χ1v) is 13.3. The molecule has 1 aliphatic heterocycles. The number of ether oxygens (including phenoxy) is 1. The van der Waals surface area contributed by atoms with Gasteiger partial charge in [-0.1, -0.05) is 68.7 Å². The van der Waals surface area contributed by atoms with Crippen LogP contribution in [-0.2, 0) is 10.2 Å². The molecule has 3 atom stereocenters. The highest BCUT2D eigenvalue weighted by Crippen LogP contribution is 2.39. The Hall–Kier alpha value is -2.21. The van der Waals surface area contributed by atoms with E-state index >= 15 is 0 Å². The van der Waals surface area contributed by atoms with Gasteiger partial charge >= 0.3 is 5.97 Å². The number of nitrogens with two attached hydrogens (primary N) is 1. The molecule has 190 valence electrons. The van der Waals surface area contributed by atoms with Gasteiger partial charge in [-0.3, -0.25) is 9.69 Å². The van der Waals surface area contributed by atoms with Gasteiger partial charge in [0.15, 0.2) is 0 Å². The van der Waals surface area contributed by atoms with Gasteiger partial charge in [-0.15, -0.1) is 0 Å². The van der Waals surface area contributed by atoms with Crippen LogP contribution in [0.3, 0.4) is 0 Å². The van der Waals surface area contributed by atoms with E-state index in [1.165, 1.54) is 12.0 Å². The Kier molecular flexibility index (Phi) is 8.31. The van der Waals surface area contributed by atoms with E-state index in [0.29, 0.717) is 18.7 Å². The molecule has 35 heavy (non-hydrogen) atoms. The van der Waals surface area contributed by atoms with Gasteiger partial charge in [0.25, 0.3) is 0 Å². The highest BCUT2D eigenvalue weighted by Gasteiger charge is 2.36. The van der Waals surface area contributed by atoms with Crippen LogP contribution in [0.25, 0.3) is 0 Å². The third-order valence-electron chi connectivity index (χ3n) is 8.55. The van der Waals surface area contributed by atoms with Crippen molar-refractivity contribution in [3.05, 3.63) is 65.7 Å². The van der Waals surface area contributed by atoms with Gasteiger partial charge in [0, 0.05) is 18.0 Å². The van der Waals surface area contributed by atoms with E-state index in [1.807, 2.05) is 12.1 Å². The molecule has 0 spiro atoms. The van der Waals surface area contributed by atoms with Crippen molar-refractivity contribution in [3.8, 4) is 5.75 Å². The number of aliphatic hydroxyl groups excluding tert-OH is 1. The van der Waals surface area contributed by atoms with E-state index in [1.54, 1.807) is 12.1 Å². The summed E-state index contributed by atoms with van der Waals surface area (Å²) >= 11 is 0. The fourth-order valence-electron chi connectivity index (χ4n) is 6.14. The summed E-state index contributed by atoms with van der Waals surface area (Å²) in [5, 5.41) is 11.2. The number of likely N-dealkylation sites (tertiary alicyclic amines) is 1. The molecule has 0 radical (unpaired) electrons. The van der Waals surface area contributed by atoms with Gasteiger partial charge in [-0.25, -0.2) is 0 Å². The second-order valence-electron chi connectivity index (χ2n) is 11.2. The van der Waals surface area contributed by atoms with Crippen LogP contribution in [0.15, 0.2) is 54.6 Å². The highest BCUT2D eigenvalue weighted by molar-refractivity contribution is 5.73. The molecule has 0 aromatic heterocycles. The maximum absolute atomic E-state index is 12.6. The van der Waals surface area contributed by atoms with E-state index < -0.39 is 6.10 Å². The molecule has 5 heteroatoms. The Bertz CT molecular complexity index is 955. The second kappa shape index (κ2) is 11.2. The van der Waals surface area contributed by atoms with Crippen LogP contribution in [0.1, 0.15) is 82.4 Å². The minimum Gasteiger partial charge on any atom is -0.427 e. The molecule has 5 nitrogen and oxygen atoms in total. The van der Waals surface area contributed by atoms with Crippen molar-refractivity contribution in [2.24, 2.45) is 11.1 Å². The number of carbonyl (C=O) groups excluding carboxylic acids is 1. The molecular formula is C30H42N2O3. The van der Waals surface area contributed by atoms with Crippen molar-refractivity contribution in [1.29, 1.82) is 0 Å². The molecule has 2 aromatic carbocycles. The number of carbonyl (C=O) groups is 1. The van der Waals surface area contributed by atoms with Crippen molar-refractivity contribution in [3.63, 3.8) is 0 Å². The van der Waals surface area contributed by atoms with Crippen molar-refractivity contribution >= 4 is 5.97 Å². The molecule has 2 aromatic rings. The third-order valence-corrected chi connectivity index (χ3v) is 8.55. The highest BCUT2D eigenvalue weighted by atomic mass is 16.5. The first-order chi connectivity index (χ1) is 16.8. The van der Waals surface area contributed by atoms with Gasteiger partial charge in [-0.05, 0) is 74.4 Å².